The van der Waals surface area contributed by atoms with E-state index in [1.807, 2.05) is 0 Å². The smallest absolute Gasteiger partial charge is 0.312 e. The van der Waals surface area contributed by atoms with Gasteiger partial charge in [0.25, 0.3) is 0 Å². The third kappa shape index (κ3) is 3.36. The van der Waals surface area contributed by atoms with Crippen LogP contribution in [0.4, 0.5) is 11.5 Å². The summed E-state index contributed by atoms with van der Waals surface area (Å²) < 4.78 is 6.03. The van der Waals surface area contributed by atoms with E-state index in [1.165, 1.54) is 30.0 Å². The molecule has 0 aliphatic heterocycles. The molecular formula is C11H9BrN4O3S. The molecular weight excluding hydrogens is 348 g/mol. The summed E-state index contributed by atoms with van der Waals surface area (Å²) in [6.07, 6.45) is 1.79. The third-order valence-electron chi connectivity index (χ3n) is 2.22. The molecule has 1 heterocycles. The van der Waals surface area contributed by atoms with Gasteiger partial charge in [0.15, 0.2) is 5.16 Å². The molecule has 0 saturated carbocycles. The number of rotatable bonds is 4. The quantitative estimate of drug-likeness (QED) is 0.388. The summed E-state index contributed by atoms with van der Waals surface area (Å²) >= 11 is 4.47. The summed E-state index contributed by atoms with van der Waals surface area (Å²) in [6.45, 7) is 0. The van der Waals surface area contributed by atoms with Gasteiger partial charge in [-0.15, -0.1) is 0 Å². The van der Waals surface area contributed by atoms with Crippen molar-refractivity contribution in [2.45, 2.75) is 5.16 Å². The van der Waals surface area contributed by atoms with E-state index >= 15 is 0 Å². The van der Waals surface area contributed by atoms with Gasteiger partial charge >= 0.3 is 5.69 Å². The number of nitro benzene ring substituents is 1. The average Bonchev–Trinajstić information content (AvgIpc) is 2.40. The van der Waals surface area contributed by atoms with Crippen molar-refractivity contribution in [3.63, 3.8) is 0 Å². The molecule has 1 aromatic carbocycles. The van der Waals surface area contributed by atoms with Crippen molar-refractivity contribution in [1.82, 2.24) is 9.97 Å². The van der Waals surface area contributed by atoms with Gasteiger partial charge in [0.1, 0.15) is 5.82 Å². The lowest BCUT2D eigenvalue weighted by Crippen LogP contribution is -1.99. The second-order valence-electron chi connectivity index (χ2n) is 3.59. The van der Waals surface area contributed by atoms with Crippen LogP contribution in [0.2, 0.25) is 0 Å². The van der Waals surface area contributed by atoms with Gasteiger partial charge in [0, 0.05) is 16.6 Å². The van der Waals surface area contributed by atoms with Crippen LogP contribution in [-0.4, -0.2) is 21.1 Å². The summed E-state index contributed by atoms with van der Waals surface area (Å²) in [5.41, 5.74) is 5.46. The second kappa shape index (κ2) is 6.06. The minimum absolute atomic E-state index is 0.0864. The standard InChI is InChI=1S/C11H9BrN4O3S/c1-20-11-14-9(13)5-10(15-11)19-8-3-2-6(12)4-7(8)16(17)18/h2-5H,1H3,(H2,13,14,15). The first kappa shape index (κ1) is 14.5. The highest BCUT2D eigenvalue weighted by molar-refractivity contribution is 9.10. The number of benzene rings is 1. The van der Waals surface area contributed by atoms with Crippen LogP contribution in [0.5, 0.6) is 11.6 Å². The Hall–Kier alpha value is -1.87. The van der Waals surface area contributed by atoms with Gasteiger partial charge in [0.2, 0.25) is 11.6 Å². The van der Waals surface area contributed by atoms with E-state index in [1.54, 1.807) is 12.3 Å². The van der Waals surface area contributed by atoms with E-state index in [2.05, 4.69) is 25.9 Å². The minimum Gasteiger partial charge on any atom is -0.432 e. The van der Waals surface area contributed by atoms with Gasteiger partial charge in [-0.3, -0.25) is 10.1 Å². The number of hydrogen-bond donors (Lipinski definition) is 1. The van der Waals surface area contributed by atoms with Crippen LogP contribution < -0.4 is 10.5 Å². The lowest BCUT2D eigenvalue weighted by atomic mass is 10.3. The zero-order valence-electron chi connectivity index (χ0n) is 10.2. The number of nitrogen functional groups attached to an aromatic ring is 1. The number of aromatic nitrogens is 2. The molecule has 2 N–H and O–H groups in total. The normalized spacial score (nSPS) is 10.3. The molecule has 1 aromatic heterocycles. The van der Waals surface area contributed by atoms with E-state index in [9.17, 15) is 10.1 Å². The van der Waals surface area contributed by atoms with Crippen molar-refractivity contribution in [1.29, 1.82) is 0 Å². The van der Waals surface area contributed by atoms with Crippen LogP contribution in [-0.2, 0) is 0 Å². The summed E-state index contributed by atoms with van der Waals surface area (Å²) in [6, 6.07) is 5.89. The van der Waals surface area contributed by atoms with Gasteiger partial charge in [-0.2, -0.15) is 4.98 Å². The maximum atomic E-state index is 11.0. The fourth-order valence-corrected chi connectivity index (χ4v) is 2.12. The first-order chi connectivity index (χ1) is 9.49. The number of halogens is 1. The highest BCUT2D eigenvalue weighted by atomic mass is 79.9. The van der Waals surface area contributed by atoms with Crippen LogP contribution in [0.15, 0.2) is 33.9 Å². The van der Waals surface area contributed by atoms with Crippen molar-refractivity contribution >= 4 is 39.2 Å². The predicted molar refractivity (Wildman–Crippen MR) is 79.1 cm³/mol. The molecule has 104 valence electrons. The highest BCUT2D eigenvalue weighted by Gasteiger charge is 2.17. The fraction of sp³-hybridized carbons (Fsp3) is 0.0909. The van der Waals surface area contributed by atoms with E-state index in [-0.39, 0.29) is 23.1 Å². The van der Waals surface area contributed by atoms with Crippen molar-refractivity contribution in [3.05, 3.63) is 38.9 Å². The van der Waals surface area contributed by atoms with Gasteiger partial charge in [-0.05, 0) is 18.4 Å². The van der Waals surface area contributed by atoms with Gasteiger partial charge in [0.05, 0.1) is 4.92 Å². The van der Waals surface area contributed by atoms with E-state index in [0.717, 1.165) is 0 Å². The lowest BCUT2D eigenvalue weighted by Gasteiger charge is -2.07. The first-order valence-corrected chi connectivity index (χ1v) is 7.31. The number of anilines is 1. The number of nitrogens with zero attached hydrogens (tertiary/aromatic N) is 3. The number of hydrogen-bond acceptors (Lipinski definition) is 7. The SMILES string of the molecule is CSc1nc(N)cc(Oc2ccc(Br)cc2[N+](=O)[O-])n1. The monoisotopic (exact) mass is 356 g/mol. The Balaban J connectivity index is 2.39. The summed E-state index contributed by atoms with van der Waals surface area (Å²) in [7, 11) is 0. The molecule has 0 radical (unpaired) electrons. The molecule has 0 amide bonds. The van der Waals surface area contributed by atoms with Crippen molar-refractivity contribution in [2.75, 3.05) is 12.0 Å². The molecule has 0 bridgehead atoms. The zero-order chi connectivity index (χ0) is 14.7. The molecule has 20 heavy (non-hydrogen) atoms. The molecule has 2 aromatic rings. The molecule has 0 unspecified atom stereocenters. The van der Waals surface area contributed by atoms with E-state index < -0.39 is 4.92 Å². The summed E-state index contributed by atoms with van der Waals surface area (Å²) in [4.78, 5) is 18.5. The Kier molecular flexibility index (Phi) is 4.40. The number of nitro groups is 1. The molecule has 0 aliphatic rings. The molecule has 9 heteroatoms. The van der Waals surface area contributed by atoms with Crippen LogP contribution in [0.25, 0.3) is 0 Å². The van der Waals surface area contributed by atoms with Crippen molar-refractivity contribution in [3.8, 4) is 11.6 Å². The Labute approximate surface area is 126 Å². The van der Waals surface area contributed by atoms with Crippen LogP contribution in [0.1, 0.15) is 0 Å². The Morgan fingerprint density at radius 2 is 2.15 bits per heavy atom. The zero-order valence-corrected chi connectivity index (χ0v) is 12.6. The number of nitrogens with two attached hydrogens (primary N) is 1. The average molecular weight is 357 g/mol. The molecule has 7 nitrogen and oxygen atoms in total. The second-order valence-corrected chi connectivity index (χ2v) is 5.28. The largest absolute Gasteiger partial charge is 0.432 e. The molecule has 0 spiro atoms. The van der Waals surface area contributed by atoms with Crippen molar-refractivity contribution < 1.29 is 9.66 Å². The van der Waals surface area contributed by atoms with Crippen LogP contribution in [0, 0.1) is 10.1 Å². The maximum absolute atomic E-state index is 11.0. The highest BCUT2D eigenvalue weighted by Crippen LogP contribution is 2.33. The van der Waals surface area contributed by atoms with Crippen LogP contribution in [0.3, 0.4) is 0 Å². The summed E-state index contributed by atoms with van der Waals surface area (Å²) in [5.74, 6) is 0.481. The maximum Gasteiger partial charge on any atom is 0.312 e. The van der Waals surface area contributed by atoms with E-state index in [4.69, 9.17) is 10.5 Å². The van der Waals surface area contributed by atoms with Crippen LogP contribution >= 0.6 is 27.7 Å². The topological polar surface area (TPSA) is 104 Å². The molecule has 0 fully saturated rings. The predicted octanol–water partition coefficient (Wildman–Crippen LogP) is 3.24. The molecule has 0 aliphatic carbocycles. The van der Waals surface area contributed by atoms with Gasteiger partial charge < -0.3 is 10.5 Å². The molecule has 0 atom stereocenters. The first-order valence-electron chi connectivity index (χ1n) is 5.30. The molecule has 0 saturated heterocycles. The number of thioether (sulfide) groups is 1. The van der Waals surface area contributed by atoms with Gasteiger partial charge in [-0.1, -0.05) is 27.7 Å². The Morgan fingerprint density at radius 3 is 2.80 bits per heavy atom. The lowest BCUT2D eigenvalue weighted by molar-refractivity contribution is -0.385. The number of ether oxygens (including phenoxy) is 1. The Morgan fingerprint density at radius 1 is 1.40 bits per heavy atom. The summed E-state index contributed by atoms with van der Waals surface area (Å²) in [5, 5.41) is 11.4. The van der Waals surface area contributed by atoms with Gasteiger partial charge in [-0.25, -0.2) is 4.98 Å². The fourth-order valence-electron chi connectivity index (χ4n) is 1.40. The third-order valence-corrected chi connectivity index (χ3v) is 3.26. The molecule has 2 rings (SSSR count). The van der Waals surface area contributed by atoms with Crippen molar-refractivity contribution in [2.24, 2.45) is 0 Å². The minimum atomic E-state index is -0.528. The van der Waals surface area contributed by atoms with E-state index in [0.29, 0.717) is 9.63 Å². The Bertz CT molecular complexity index is 668.